The summed E-state index contributed by atoms with van der Waals surface area (Å²) >= 11 is 3.42. The van der Waals surface area contributed by atoms with Gasteiger partial charge in [0.2, 0.25) is 0 Å². The van der Waals surface area contributed by atoms with E-state index in [4.69, 9.17) is 9.47 Å². The van der Waals surface area contributed by atoms with Gasteiger partial charge in [-0.15, -0.1) is 0 Å². The molecule has 2 aromatic rings. The van der Waals surface area contributed by atoms with Gasteiger partial charge in [-0.3, -0.25) is 4.79 Å². The third kappa shape index (κ3) is 3.56. The van der Waals surface area contributed by atoms with E-state index in [9.17, 15) is 4.79 Å². The highest BCUT2D eigenvalue weighted by Gasteiger charge is 2.33. The minimum absolute atomic E-state index is 0.0411. The maximum absolute atomic E-state index is 12.8. The van der Waals surface area contributed by atoms with E-state index in [2.05, 4.69) is 33.4 Å². The van der Waals surface area contributed by atoms with Gasteiger partial charge in [-0.05, 0) is 52.4 Å². The van der Waals surface area contributed by atoms with Crippen LogP contribution in [0, 0.1) is 5.92 Å². The number of hydrogen-bond acceptors (Lipinski definition) is 3. The third-order valence-corrected chi connectivity index (χ3v) is 5.03. The van der Waals surface area contributed by atoms with Crippen LogP contribution in [0.1, 0.15) is 34.8 Å². The molecular formula is C19H20BrNO3. The van der Waals surface area contributed by atoms with E-state index in [0.29, 0.717) is 27.5 Å². The van der Waals surface area contributed by atoms with Crippen molar-refractivity contribution in [2.45, 2.75) is 18.9 Å². The first-order valence-corrected chi connectivity index (χ1v) is 8.70. The van der Waals surface area contributed by atoms with Crippen molar-refractivity contribution in [1.29, 1.82) is 0 Å². The van der Waals surface area contributed by atoms with Gasteiger partial charge in [0.25, 0.3) is 5.91 Å². The van der Waals surface area contributed by atoms with Crippen LogP contribution in [0.4, 0.5) is 0 Å². The molecule has 126 valence electrons. The van der Waals surface area contributed by atoms with Crippen molar-refractivity contribution in [3.8, 4) is 11.5 Å². The molecule has 1 aliphatic rings. The van der Waals surface area contributed by atoms with Gasteiger partial charge in [0, 0.05) is 5.56 Å². The maximum Gasteiger partial charge on any atom is 0.252 e. The van der Waals surface area contributed by atoms with Gasteiger partial charge < -0.3 is 14.8 Å². The van der Waals surface area contributed by atoms with Gasteiger partial charge >= 0.3 is 0 Å². The molecule has 24 heavy (non-hydrogen) atoms. The quantitative estimate of drug-likeness (QED) is 0.798. The van der Waals surface area contributed by atoms with Gasteiger partial charge in [-0.2, -0.15) is 0 Å². The Morgan fingerprint density at radius 2 is 1.71 bits per heavy atom. The first-order chi connectivity index (χ1) is 11.6. The number of amides is 1. The number of ether oxygens (including phenoxy) is 2. The van der Waals surface area contributed by atoms with Gasteiger partial charge in [-0.25, -0.2) is 0 Å². The smallest absolute Gasteiger partial charge is 0.252 e. The molecule has 1 fully saturated rings. The van der Waals surface area contributed by atoms with Crippen molar-refractivity contribution >= 4 is 21.8 Å². The molecule has 0 unspecified atom stereocenters. The second-order valence-electron chi connectivity index (χ2n) is 5.89. The number of carbonyl (C=O) groups excluding carboxylic acids is 1. The average molecular weight is 390 g/mol. The maximum atomic E-state index is 12.8. The first kappa shape index (κ1) is 16.8. The summed E-state index contributed by atoms with van der Waals surface area (Å²) in [6, 6.07) is 13.6. The van der Waals surface area contributed by atoms with Gasteiger partial charge in [0.05, 0.1) is 20.3 Å². The molecule has 0 spiro atoms. The van der Waals surface area contributed by atoms with Crippen molar-refractivity contribution < 1.29 is 14.3 Å². The zero-order valence-electron chi connectivity index (χ0n) is 13.7. The summed E-state index contributed by atoms with van der Waals surface area (Å²) in [5.74, 6) is 1.53. The molecule has 1 atom stereocenters. The Morgan fingerprint density at radius 1 is 1.12 bits per heavy atom. The second-order valence-corrected chi connectivity index (χ2v) is 6.69. The summed E-state index contributed by atoms with van der Waals surface area (Å²) in [6.45, 7) is 0. The van der Waals surface area contributed by atoms with Crippen LogP contribution in [-0.4, -0.2) is 20.1 Å². The summed E-state index contributed by atoms with van der Waals surface area (Å²) in [5, 5.41) is 3.17. The van der Waals surface area contributed by atoms with Gasteiger partial charge in [0.1, 0.15) is 16.0 Å². The molecule has 1 N–H and O–H groups in total. The molecule has 0 aromatic heterocycles. The zero-order valence-corrected chi connectivity index (χ0v) is 15.3. The summed E-state index contributed by atoms with van der Waals surface area (Å²) in [4.78, 5) is 12.8. The topological polar surface area (TPSA) is 47.6 Å². The Balaban J connectivity index is 1.86. The predicted octanol–water partition coefficient (Wildman–Crippen LogP) is 4.35. The Labute approximate surface area is 150 Å². The van der Waals surface area contributed by atoms with Gasteiger partial charge in [0.15, 0.2) is 0 Å². The van der Waals surface area contributed by atoms with Crippen molar-refractivity contribution in [3.63, 3.8) is 0 Å². The van der Waals surface area contributed by atoms with Gasteiger partial charge in [-0.1, -0.05) is 30.3 Å². The van der Waals surface area contributed by atoms with E-state index in [1.54, 1.807) is 26.4 Å². The Hall–Kier alpha value is -2.01. The Kier molecular flexibility index (Phi) is 5.09. The number of carbonyl (C=O) groups is 1. The van der Waals surface area contributed by atoms with Crippen molar-refractivity contribution in [2.75, 3.05) is 14.2 Å². The van der Waals surface area contributed by atoms with E-state index in [-0.39, 0.29) is 11.9 Å². The van der Waals surface area contributed by atoms with Crippen molar-refractivity contribution in [1.82, 2.24) is 5.32 Å². The van der Waals surface area contributed by atoms with Crippen LogP contribution in [0.15, 0.2) is 46.9 Å². The normalized spacial score (nSPS) is 14.8. The Bertz CT molecular complexity index is 704. The molecule has 0 heterocycles. The van der Waals surface area contributed by atoms with Crippen LogP contribution in [0.5, 0.6) is 11.5 Å². The molecule has 0 saturated heterocycles. The van der Waals surface area contributed by atoms with E-state index < -0.39 is 0 Å². The van der Waals surface area contributed by atoms with Crippen molar-refractivity contribution in [3.05, 3.63) is 58.1 Å². The minimum atomic E-state index is -0.125. The van der Waals surface area contributed by atoms with Crippen molar-refractivity contribution in [2.24, 2.45) is 5.92 Å². The van der Waals surface area contributed by atoms with E-state index in [1.807, 2.05) is 18.2 Å². The number of rotatable bonds is 6. The standard InChI is InChI=1S/C19H20BrNO3/c1-23-15-10-14(11-16(24-2)17(15)20)19(22)21-18(13-8-9-13)12-6-4-3-5-7-12/h3-7,10-11,13,18H,8-9H2,1-2H3,(H,21,22)/t18-/m1/s1. The van der Waals surface area contributed by atoms with E-state index >= 15 is 0 Å². The number of hydrogen-bond donors (Lipinski definition) is 1. The van der Waals surface area contributed by atoms with Crippen LogP contribution in [0.25, 0.3) is 0 Å². The fourth-order valence-electron chi connectivity index (χ4n) is 2.79. The molecule has 0 radical (unpaired) electrons. The van der Waals surface area contributed by atoms with Crippen LogP contribution >= 0.6 is 15.9 Å². The minimum Gasteiger partial charge on any atom is -0.495 e. The SMILES string of the molecule is COc1cc(C(=O)N[C@H](c2ccccc2)C2CC2)cc(OC)c1Br. The highest BCUT2D eigenvalue weighted by molar-refractivity contribution is 9.10. The first-order valence-electron chi connectivity index (χ1n) is 7.91. The highest BCUT2D eigenvalue weighted by atomic mass is 79.9. The fourth-order valence-corrected chi connectivity index (χ4v) is 3.34. The number of methoxy groups -OCH3 is 2. The van der Waals surface area contributed by atoms with E-state index in [1.165, 1.54) is 0 Å². The van der Waals surface area contributed by atoms with Crippen LogP contribution in [0.2, 0.25) is 0 Å². The molecular weight excluding hydrogens is 370 g/mol. The number of benzene rings is 2. The fraction of sp³-hybridized carbons (Fsp3) is 0.316. The monoisotopic (exact) mass is 389 g/mol. The number of halogens is 1. The highest BCUT2D eigenvalue weighted by Crippen LogP contribution is 2.41. The molecule has 1 amide bonds. The zero-order chi connectivity index (χ0) is 17.1. The lowest BCUT2D eigenvalue weighted by Crippen LogP contribution is -2.29. The third-order valence-electron chi connectivity index (χ3n) is 4.25. The molecule has 3 rings (SSSR count). The molecule has 4 nitrogen and oxygen atoms in total. The Morgan fingerprint density at radius 3 is 2.21 bits per heavy atom. The molecule has 0 bridgehead atoms. The van der Waals surface area contributed by atoms with Crippen LogP contribution in [-0.2, 0) is 0 Å². The average Bonchev–Trinajstić information content (AvgIpc) is 3.45. The predicted molar refractivity (Wildman–Crippen MR) is 96.6 cm³/mol. The lowest BCUT2D eigenvalue weighted by Gasteiger charge is -2.19. The molecule has 5 heteroatoms. The summed E-state index contributed by atoms with van der Waals surface area (Å²) < 4.78 is 11.3. The molecule has 0 aliphatic heterocycles. The molecule has 2 aromatic carbocycles. The van der Waals surface area contributed by atoms with Crippen LogP contribution in [0.3, 0.4) is 0 Å². The summed E-state index contributed by atoms with van der Waals surface area (Å²) in [7, 11) is 3.14. The van der Waals surface area contributed by atoms with E-state index in [0.717, 1.165) is 18.4 Å². The largest absolute Gasteiger partial charge is 0.495 e. The lowest BCUT2D eigenvalue weighted by molar-refractivity contribution is 0.0931. The molecule has 1 aliphatic carbocycles. The summed E-state index contributed by atoms with van der Waals surface area (Å²) in [5.41, 5.74) is 1.66. The molecule has 1 saturated carbocycles. The number of nitrogens with one attached hydrogen (secondary N) is 1. The van der Waals surface area contributed by atoms with Crippen LogP contribution < -0.4 is 14.8 Å². The summed E-state index contributed by atoms with van der Waals surface area (Å²) in [6.07, 6.45) is 2.29. The lowest BCUT2D eigenvalue weighted by atomic mass is 10.0. The second kappa shape index (κ2) is 7.26.